The highest BCUT2D eigenvalue weighted by molar-refractivity contribution is 7.78. The SMILES string of the molecule is COc1cc(N=C=S)cc(F)c1F. The molecule has 0 radical (unpaired) electrons. The number of thiocarbonyl (C=S) groups is 1. The standard InChI is InChI=1S/C8H5F2NOS/c1-12-7-3-5(11-4-13)2-6(9)8(7)10/h2-3H,1H3. The second-order valence-electron chi connectivity index (χ2n) is 2.15. The third-order valence-electron chi connectivity index (χ3n) is 1.37. The predicted molar refractivity (Wildman–Crippen MR) is 47.6 cm³/mol. The first kappa shape index (κ1) is 9.77. The molecule has 13 heavy (non-hydrogen) atoms. The summed E-state index contributed by atoms with van der Waals surface area (Å²) >= 11 is 4.32. The van der Waals surface area contributed by atoms with E-state index >= 15 is 0 Å². The number of aliphatic imine (C=N–C) groups is 1. The normalized spacial score (nSPS) is 9.15. The first-order valence-electron chi connectivity index (χ1n) is 3.30. The first-order valence-corrected chi connectivity index (χ1v) is 3.70. The zero-order valence-corrected chi connectivity index (χ0v) is 7.49. The molecule has 0 saturated heterocycles. The summed E-state index contributed by atoms with van der Waals surface area (Å²) in [5.74, 6) is -2.27. The smallest absolute Gasteiger partial charge is 0.200 e. The van der Waals surface area contributed by atoms with Gasteiger partial charge < -0.3 is 4.74 Å². The number of halogens is 2. The summed E-state index contributed by atoms with van der Waals surface area (Å²) in [6.07, 6.45) is 0. The molecule has 68 valence electrons. The van der Waals surface area contributed by atoms with Crippen LogP contribution in [0.15, 0.2) is 17.1 Å². The van der Waals surface area contributed by atoms with Crippen molar-refractivity contribution in [3.8, 4) is 5.75 Å². The van der Waals surface area contributed by atoms with Crippen molar-refractivity contribution in [2.75, 3.05) is 7.11 Å². The Hall–Kier alpha value is -1.32. The van der Waals surface area contributed by atoms with Crippen LogP contribution in [-0.2, 0) is 0 Å². The monoisotopic (exact) mass is 201 g/mol. The molecule has 0 saturated carbocycles. The zero-order chi connectivity index (χ0) is 9.84. The van der Waals surface area contributed by atoms with E-state index < -0.39 is 11.6 Å². The molecule has 0 spiro atoms. The highest BCUT2D eigenvalue weighted by Crippen LogP contribution is 2.25. The van der Waals surface area contributed by atoms with E-state index in [0.29, 0.717) is 0 Å². The molecule has 0 amide bonds. The molecule has 0 unspecified atom stereocenters. The molecule has 0 aliphatic rings. The average molecular weight is 201 g/mol. The number of isothiocyanates is 1. The fourth-order valence-corrected chi connectivity index (χ4v) is 0.921. The van der Waals surface area contributed by atoms with Crippen molar-refractivity contribution >= 4 is 23.1 Å². The summed E-state index contributed by atoms with van der Waals surface area (Å²) in [6.45, 7) is 0. The summed E-state index contributed by atoms with van der Waals surface area (Å²) < 4.78 is 30.2. The minimum Gasteiger partial charge on any atom is -0.493 e. The van der Waals surface area contributed by atoms with Gasteiger partial charge in [-0.25, -0.2) is 4.39 Å². The molecule has 5 heteroatoms. The summed E-state index contributed by atoms with van der Waals surface area (Å²) in [5, 5.41) is 2.05. The van der Waals surface area contributed by atoms with Crippen molar-refractivity contribution in [2.45, 2.75) is 0 Å². The lowest BCUT2D eigenvalue weighted by Gasteiger charge is -2.02. The maximum Gasteiger partial charge on any atom is 0.200 e. The summed E-state index contributed by atoms with van der Waals surface area (Å²) in [7, 11) is 1.24. The van der Waals surface area contributed by atoms with Gasteiger partial charge >= 0.3 is 0 Å². The van der Waals surface area contributed by atoms with Gasteiger partial charge in [-0.1, -0.05) is 0 Å². The average Bonchev–Trinajstić information content (AvgIpc) is 2.11. The van der Waals surface area contributed by atoms with Gasteiger partial charge in [0.05, 0.1) is 18.0 Å². The Morgan fingerprint density at radius 1 is 1.46 bits per heavy atom. The largest absolute Gasteiger partial charge is 0.493 e. The van der Waals surface area contributed by atoms with Crippen LogP contribution in [0, 0.1) is 11.6 Å². The molecule has 0 bridgehead atoms. The van der Waals surface area contributed by atoms with Crippen molar-refractivity contribution in [3.05, 3.63) is 23.8 Å². The lowest BCUT2D eigenvalue weighted by molar-refractivity contribution is 0.372. The van der Waals surface area contributed by atoms with Crippen LogP contribution >= 0.6 is 12.2 Å². The number of nitrogens with zero attached hydrogens (tertiary/aromatic N) is 1. The van der Waals surface area contributed by atoms with Crippen LogP contribution in [0.1, 0.15) is 0 Å². The van der Waals surface area contributed by atoms with E-state index in [2.05, 4.69) is 21.9 Å². The van der Waals surface area contributed by atoms with Gasteiger partial charge in [0.2, 0.25) is 5.82 Å². The molecule has 0 aliphatic heterocycles. The Labute approximate surface area is 78.9 Å². The Morgan fingerprint density at radius 2 is 2.15 bits per heavy atom. The zero-order valence-electron chi connectivity index (χ0n) is 6.67. The number of hydrogen-bond acceptors (Lipinski definition) is 3. The fraction of sp³-hybridized carbons (Fsp3) is 0.125. The number of benzene rings is 1. The van der Waals surface area contributed by atoms with Gasteiger partial charge in [0.25, 0.3) is 0 Å². The molecular weight excluding hydrogens is 196 g/mol. The van der Waals surface area contributed by atoms with Crippen LogP contribution in [0.5, 0.6) is 5.75 Å². The molecule has 0 atom stereocenters. The Morgan fingerprint density at radius 3 is 2.69 bits per heavy atom. The maximum atomic E-state index is 12.8. The third-order valence-corrected chi connectivity index (χ3v) is 1.47. The fourth-order valence-electron chi connectivity index (χ4n) is 0.816. The van der Waals surface area contributed by atoms with Crippen LogP contribution in [0.25, 0.3) is 0 Å². The predicted octanol–water partition coefficient (Wildman–Crippen LogP) is 2.71. The molecular formula is C8H5F2NOS. The molecule has 0 fully saturated rings. The van der Waals surface area contributed by atoms with E-state index in [1.54, 1.807) is 0 Å². The van der Waals surface area contributed by atoms with Crippen LogP contribution in [0.4, 0.5) is 14.5 Å². The number of hydrogen-bond donors (Lipinski definition) is 0. The summed E-state index contributed by atoms with van der Waals surface area (Å²) in [6, 6.07) is 2.15. The second-order valence-corrected chi connectivity index (χ2v) is 2.33. The highest BCUT2D eigenvalue weighted by Gasteiger charge is 2.10. The maximum absolute atomic E-state index is 12.8. The number of ether oxygens (including phenoxy) is 1. The molecule has 0 heterocycles. The van der Waals surface area contributed by atoms with Gasteiger partial charge in [-0.3, -0.25) is 0 Å². The van der Waals surface area contributed by atoms with Crippen LogP contribution in [0.2, 0.25) is 0 Å². The number of methoxy groups -OCH3 is 1. The molecule has 0 aromatic heterocycles. The molecule has 2 nitrogen and oxygen atoms in total. The summed E-state index contributed by atoms with van der Waals surface area (Å²) in [4.78, 5) is 3.50. The Balaban J connectivity index is 3.29. The van der Waals surface area contributed by atoms with E-state index in [0.717, 1.165) is 6.07 Å². The first-order chi connectivity index (χ1) is 6.19. The van der Waals surface area contributed by atoms with Crippen LogP contribution in [-0.4, -0.2) is 12.3 Å². The van der Waals surface area contributed by atoms with Crippen molar-refractivity contribution < 1.29 is 13.5 Å². The molecule has 1 rings (SSSR count). The van der Waals surface area contributed by atoms with Crippen molar-refractivity contribution in [1.82, 2.24) is 0 Å². The lowest BCUT2D eigenvalue weighted by Crippen LogP contribution is -1.91. The minimum atomic E-state index is -1.04. The highest BCUT2D eigenvalue weighted by atomic mass is 32.1. The van der Waals surface area contributed by atoms with Gasteiger partial charge in [-0.2, -0.15) is 9.38 Å². The van der Waals surface area contributed by atoms with Crippen molar-refractivity contribution in [3.63, 3.8) is 0 Å². The number of rotatable bonds is 2. The van der Waals surface area contributed by atoms with Gasteiger partial charge in [0, 0.05) is 12.1 Å². The van der Waals surface area contributed by atoms with Gasteiger partial charge in [0.15, 0.2) is 11.6 Å². The molecule has 1 aromatic carbocycles. The Bertz CT molecular complexity index is 375. The molecule has 0 N–H and O–H groups in total. The van der Waals surface area contributed by atoms with E-state index in [1.165, 1.54) is 13.2 Å². The third kappa shape index (κ3) is 2.08. The topological polar surface area (TPSA) is 21.6 Å². The van der Waals surface area contributed by atoms with Crippen LogP contribution in [0.3, 0.4) is 0 Å². The second kappa shape index (κ2) is 4.07. The van der Waals surface area contributed by atoms with Gasteiger partial charge in [0.1, 0.15) is 0 Å². The van der Waals surface area contributed by atoms with Crippen molar-refractivity contribution in [2.24, 2.45) is 4.99 Å². The van der Waals surface area contributed by atoms with E-state index in [-0.39, 0.29) is 11.4 Å². The van der Waals surface area contributed by atoms with E-state index in [1.807, 2.05) is 5.16 Å². The molecule has 1 aromatic rings. The van der Waals surface area contributed by atoms with Crippen molar-refractivity contribution in [1.29, 1.82) is 0 Å². The summed E-state index contributed by atoms with van der Waals surface area (Å²) in [5.41, 5.74) is 0.172. The van der Waals surface area contributed by atoms with Gasteiger partial charge in [-0.15, -0.1) is 0 Å². The minimum absolute atomic E-state index is 0.172. The van der Waals surface area contributed by atoms with E-state index in [9.17, 15) is 8.78 Å². The molecule has 0 aliphatic carbocycles. The Kier molecular flexibility index (Phi) is 3.06. The van der Waals surface area contributed by atoms with Gasteiger partial charge in [-0.05, 0) is 12.2 Å². The van der Waals surface area contributed by atoms with E-state index in [4.69, 9.17) is 0 Å². The lowest BCUT2D eigenvalue weighted by atomic mass is 10.3. The quantitative estimate of drug-likeness (QED) is 0.542. The van der Waals surface area contributed by atoms with Crippen LogP contribution < -0.4 is 4.74 Å².